The molecular formula is C12H17N2O13P3. The third-order valence-corrected chi connectivity index (χ3v) is 7.70. The van der Waals surface area contributed by atoms with Crippen molar-refractivity contribution in [3.05, 3.63) is 30.1 Å². The zero-order chi connectivity index (χ0) is 22.3. The average molecular weight is 490 g/mol. The molecule has 18 heteroatoms. The Morgan fingerprint density at radius 1 is 1.07 bits per heavy atom. The van der Waals surface area contributed by atoms with Crippen LogP contribution in [0.2, 0.25) is 0 Å². The van der Waals surface area contributed by atoms with Crippen molar-refractivity contribution in [2.24, 2.45) is 0 Å². The SMILES string of the molecule is O=P(O)(O)OP(=O)(O)OP(=O)(O)O[C@@H]1C(c2nc3ccccc3[nH]2)O[C@H](CO)[C@H]1O. The normalized spacial score (nSPS) is 29.0. The Kier molecular flexibility index (Phi) is 6.69. The van der Waals surface area contributed by atoms with E-state index >= 15 is 0 Å². The number of benzene rings is 1. The van der Waals surface area contributed by atoms with Gasteiger partial charge in [-0.2, -0.15) is 8.62 Å². The van der Waals surface area contributed by atoms with Crippen LogP contribution in [-0.2, 0) is 31.6 Å². The lowest BCUT2D eigenvalue weighted by Gasteiger charge is -2.23. The van der Waals surface area contributed by atoms with Crippen molar-refractivity contribution in [2.45, 2.75) is 24.4 Å². The topological polar surface area (TPSA) is 238 Å². The molecule has 1 fully saturated rings. The van der Waals surface area contributed by atoms with Crippen LogP contribution in [0.4, 0.5) is 0 Å². The van der Waals surface area contributed by atoms with Gasteiger partial charge in [0.25, 0.3) is 0 Å². The Labute approximate surface area is 167 Å². The third kappa shape index (κ3) is 5.61. The van der Waals surface area contributed by atoms with Crippen LogP contribution in [0.25, 0.3) is 11.0 Å². The van der Waals surface area contributed by atoms with Crippen LogP contribution in [0.15, 0.2) is 24.3 Å². The minimum atomic E-state index is -5.75. The molecule has 1 aromatic carbocycles. The maximum atomic E-state index is 12.1. The van der Waals surface area contributed by atoms with E-state index in [0.717, 1.165) is 0 Å². The fraction of sp³-hybridized carbons (Fsp3) is 0.417. The predicted molar refractivity (Wildman–Crippen MR) is 95.5 cm³/mol. The number of imidazole rings is 1. The van der Waals surface area contributed by atoms with Crippen LogP contribution in [0.5, 0.6) is 0 Å². The second-order valence-electron chi connectivity index (χ2n) is 6.07. The number of aromatic nitrogens is 2. The highest BCUT2D eigenvalue weighted by Crippen LogP contribution is 2.67. The number of fused-ring (bicyclic) bond motifs is 1. The molecule has 0 spiro atoms. The van der Waals surface area contributed by atoms with Gasteiger partial charge in [0.2, 0.25) is 0 Å². The summed E-state index contributed by atoms with van der Waals surface area (Å²) in [5.74, 6) is 0.0369. The summed E-state index contributed by atoms with van der Waals surface area (Å²) in [5.41, 5.74) is 1.03. The van der Waals surface area contributed by atoms with Crippen molar-refractivity contribution in [1.29, 1.82) is 0 Å². The monoisotopic (exact) mass is 490 g/mol. The smallest absolute Gasteiger partial charge is 0.394 e. The van der Waals surface area contributed by atoms with E-state index in [-0.39, 0.29) is 5.82 Å². The van der Waals surface area contributed by atoms with E-state index < -0.39 is 54.5 Å². The van der Waals surface area contributed by atoms with Crippen molar-refractivity contribution >= 4 is 34.5 Å². The zero-order valence-electron chi connectivity index (χ0n) is 14.7. The number of nitrogens with one attached hydrogen (secondary N) is 1. The molecule has 1 aromatic heterocycles. The second-order valence-corrected chi connectivity index (χ2v) is 10.4. The summed E-state index contributed by atoms with van der Waals surface area (Å²) >= 11 is 0. The van der Waals surface area contributed by atoms with Crippen molar-refractivity contribution in [1.82, 2.24) is 9.97 Å². The predicted octanol–water partition coefficient (Wildman–Crippen LogP) is 0.0679. The van der Waals surface area contributed by atoms with E-state index in [4.69, 9.17) is 19.0 Å². The highest BCUT2D eigenvalue weighted by atomic mass is 31.3. The van der Waals surface area contributed by atoms with Gasteiger partial charge in [0, 0.05) is 0 Å². The summed E-state index contributed by atoms with van der Waals surface area (Å²) in [7, 11) is -16.9. The lowest BCUT2D eigenvalue weighted by molar-refractivity contribution is -0.0249. The van der Waals surface area contributed by atoms with Gasteiger partial charge in [-0.25, -0.2) is 18.7 Å². The summed E-state index contributed by atoms with van der Waals surface area (Å²) in [6.07, 6.45) is -6.08. The quantitative estimate of drug-likeness (QED) is 0.242. The van der Waals surface area contributed by atoms with Gasteiger partial charge in [-0.05, 0) is 12.1 Å². The first kappa shape index (κ1) is 23.6. The third-order valence-electron chi connectivity index (χ3n) is 3.87. The van der Waals surface area contributed by atoms with Crippen molar-refractivity contribution in [2.75, 3.05) is 6.61 Å². The van der Waals surface area contributed by atoms with Crippen LogP contribution < -0.4 is 0 Å². The molecule has 2 heterocycles. The molecule has 3 rings (SSSR count). The standard InChI is InChI=1S/C12H17N2O13P3/c15-5-8-9(16)10(25-29(20,21)27-30(22,23)26-28(17,18)19)11(24-8)12-13-6-3-1-2-4-7(6)14-12/h1-4,8-11,15-16H,5H2,(H,13,14)(H,20,21)(H,22,23)(H2,17,18,19)/t8-,9-,10+,11?/m1/s1. The van der Waals surface area contributed by atoms with Crippen molar-refractivity contribution in [3.63, 3.8) is 0 Å². The van der Waals surface area contributed by atoms with Crippen LogP contribution in [0.1, 0.15) is 11.9 Å². The second kappa shape index (κ2) is 8.49. The van der Waals surface area contributed by atoms with Crippen LogP contribution >= 0.6 is 23.5 Å². The number of aliphatic hydroxyl groups is 2. The fourth-order valence-electron chi connectivity index (χ4n) is 2.79. The number of aliphatic hydroxyl groups excluding tert-OH is 2. The first-order valence-corrected chi connectivity index (χ1v) is 12.5. The lowest BCUT2D eigenvalue weighted by Crippen LogP contribution is -2.34. The molecule has 7 N–H and O–H groups in total. The number of aromatic amines is 1. The molecule has 1 aliphatic rings. The zero-order valence-corrected chi connectivity index (χ0v) is 17.3. The number of H-pyrrole nitrogens is 1. The average Bonchev–Trinajstić information content (AvgIpc) is 3.13. The molecule has 1 aliphatic heterocycles. The fourth-order valence-corrected chi connectivity index (χ4v) is 5.99. The summed E-state index contributed by atoms with van der Waals surface area (Å²) in [5, 5.41) is 19.6. The molecule has 2 aromatic rings. The van der Waals surface area contributed by atoms with Gasteiger partial charge in [0.1, 0.15) is 30.2 Å². The van der Waals surface area contributed by atoms with E-state index in [2.05, 4.69) is 18.6 Å². The molecule has 3 unspecified atom stereocenters. The largest absolute Gasteiger partial charge is 0.490 e. The molecule has 0 aliphatic carbocycles. The molecule has 0 saturated carbocycles. The van der Waals surface area contributed by atoms with E-state index in [1.165, 1.54) is 0 Å². The summed E-state index contributed by atoms with van der Waals surface area (Å²) in [6, 6.07) is 6.70. The highest BCUT2D eigenvalue weighted by molar-refractivity contribution is 7.66. The summed E-state index contributed by atoms with van der Waals surface area (Å²) in [4.78, 5) is 43.2. The molecule has 0 bridgehead atoms. The lowest BCUT2D eigenvalue weighted by atomic mass is 10.1. The van der Waals surface area contributed by atoms with Gasteiger partial charge in [-0.15, -0.1) is 0 Å². The minimum Gasteiger partial charge on any atom is -0.394 e. The Hall–Kier alpha value is -1.02. The minimum absolute atomic E-state index is 0.0369. The Morgan fingerprint density at radius 2 is 1.73 bits per heavy atom. The molecule has 6 atom stereocenters. The van der Waals surface area contributed by atoms with Crippen molar-refractivity contribution < 1.29 is 61.4 Å². The Bertz CT molecular complexity index is 1020. The maximum Gasteiger partial charge on any atom is 0.490 e. The maximum absolute atomic E-state index is 12.1. The van der Waals surface area contributed by atoms with E-state index in [1.54, 1.807) is 24.3 Å². The summed E-state index contributed by atoms with van der Waals surface area (Å²) in [6.45, 7) is -0.714. The van der Waals surface area contributed by atoms with E-state index in [1.807, 2.05) is 0 Å². The molecule has 1 saturated heterocycles. The van der Waals surface area contributed by atoms with Gasteiger partial charge >= 0.3 is 23.5 Å². The van der Waals surface area contributed by atoms with Crippen LogP contribution in [0.3, 0.4) is 0 Å². The van der Waals surface area contributed by atoms with E-state index in [0.29, 0.717) is 11.0 Å². The van der Waals surface area contributed by atoms with Crippen LogP contribution in [-0.4, -0.2) is 64.7 Å². The molecule has 0 radical (unpaired) electrons. The number of nitrogens with zero attached hydrogens (tertiary/aromatic N) is 1. The Balaban J connectivity index is 1.86. The number of phosphoric ester groups is 1. The van der Waals surface area contributed by atoms with Gasteiger partial charge in [-0.1, -0.05) is 12.1 Å². The number of ether oxygens (including phenoxy) is 1. The molecular weight excluding hydrogens is 473 g/mol. The Morgan fingerprint density at radius 3 is 2.33 bits per heavy atom. The number of phosphoric acid groups is 3. The first-order valence-electron chi connectivity index (χ1n) is 8.01. The summed E-state index contributed by atoms with van der Waals surface area (Å²) < 4.78 is 51.8. The number of para-hydroxylation sites is 2. The van der Waals surface area contributed by atoms with Gasteiger partial charge < -0.3 is 39.5 Å². The van der Waals surface area contributed by atoms with Crippen molar-refractivity contribution in [3.8, 4) is 0 Å². The molecule has 168 valence electrons. The van der Waals surface area contributed by atoms with Gasteiger partial charge in [-0.3, -0.25) is 4.52 Å². The van der Waals surface area contributed by atoms with Gasteiger partial charge in [0.15, 0.2) is 0 Å². The highest BCUT2D eigenvalue weighted by Gasteiger charge is 2.51. The van der Waals surface area contributed by atoms with Crippen LogP contribution in [0, 0.1) is 0 Å². The van der Waals surface area contributed by atoms with Gasteiger partial charge in [0.05, 0.1) is 17.6 Å². The number of hydrogen-bond acceptors (Lipinski definition) is 10. The molecule has 15 nitrogen and oxygen atoms in total. The molecule has 0 amide bonds. The number of rotatable bonds is 8. The van der Waals surface area contributed by atoms with E-state index in [9.17, 15) is 33.7 Å². The first-order chi connectivity index (χ1) is 13.8. The molecule has 30 heavy (non-hydrogen) atoms. The number of hydrogen-bond donors (Lipinski definition) is 7.